The van der Waals surface area contributed by atoms with E-state index in [1.54, 1.807) is 16.8 Å². The number of imidazole rings is 1. The Balaban J connectivity index is 1.98. The molecule has 0 fully saturated rings. The first-order valence-corrected chi connectivity index (χ1v) is 12.8. The van der Waals surface area contributed by atoms with Crippen LogP contribution in [-0.2, 0) is 11.5 Å². The first kappa shape index (κ1) is 18.1. The molecule has 25 heavy (non-hydrogen) atoms. The van der Waals surface area contributed by atoms with Crippen molar-refractivity contribution in [2.45, 2.75) is 32.4 Å². The second kappa shape index (κ2) is 7.27. The van der Waals surface area contributed by atoms with Crippen molar-refractivity contribution in [2.24, 2.45) is 0 Å². The summed E-state index contributed by atoms with van der Waals surface area (Å²) in [4.78, 5) is 17.0. The van der Waals surface area contributed by atoms with Gasteiger partial charge < -0.3 is 4.74 Å². The molecule has 5 nitrogen and oxygen atoms in total. The zero-order chi connectivity index (χ0) is 18.0. The van der Waals surface area contributed by atoms with E-state index in [-0.39, 0.29) is 5.56 Å². The molecule has 0 aliphatic heterocycles. The standard InChI is InChI=1S/C18H22BrN3O2Si/c1-25(2,3)11-10-24-13-22-16-7-5-4-6-15(16)20-18(22)21-12-14(19)8-9-17(21)23/h4-9,12H,10-11,13H2,1-3H3. The third-order valence-corrected chi connectivity index (χ3v) is 6.11. The van der Waals surface area contributed by atoms with E-state index >= 15 is 0 Å². The van der Waals surface area contributed by atoms with Gasteiger partial charge in [-0.05, 0) is 40.2 Å². The molecule has 0 radical (unpaired) electrons. The van der Waals surface area contributed by atoms with Crippen LogP contribution < -0.4 is 5.56 Å². The van der Waals surface area contributed by atoms with Gasteiger partial charge in [0.15, 0.2) is 0 Å². The zero-order valence-electron chi connectivity index (χ0n) is 14.7. The maximum Gasteiger partial charge on any atom is 0.257 e. The monoisotopic (exact) mass is 419 g/mol. The summed E-state index contributed by atoms with van der Waals surface area (Å²) >= 11 is 3.42. The number of rotatable bonds is 6. The smallest absolute Gasteiger partial charge is 0.257 e. The number of ether oxygens (including phenoxy) is 1. The molecule has 0 atom stereocenters. The molecule has 0 aliphatic rings. The van der Waals surface area contributed by atoms with Gasteiger partial charge in [-0.15, -0.1) is 0 Å². The Morgan fingerprint density at radius 2 is 1.92 bits per heavy atom. The van der Waals surface area contributed by atoms with Crippen LogP contribution in [-0.4, -0.2) is 28.8 Å². The number of halogens is 1. The van der Waals surface area contributed by atoms with Crippen LogP contribution in [0.2, 0.25) is 25.7 Å². The van der Waals surface area contributed by atoms with E-state index in [1.165, 1.54) is 6.07 Å². The third kappa shape index (κ3) is 4.29. The molecule has 0 N–H and O–H groups in total. The highest BCUT2D eigenvalue weighted by Gasteiger charge is 2.15. The minimum atomic E-state index is -1.14. The molecule has 2 aromatic heterocycles. The Hall–Kier alpha value is -1.70. The van der Waals surface area contributed by atoms with Gasteiger partial charge >= 0.3 is 0 Å². The van der Waals surface area contributed by atoms with Crippen molar-refractivity contribution >= 4 is 35.0 Å². The Morgan fingerprint density at radius 3 is 2.68 bits per heavy atom. The summed E-state index contributed by atoms with van der Waals surface area (Å²) in [6.45, 7) is 8.08. The average molecular weight is 420 g/mol. The van der Waals surface area contributed by atoms with Gasteiger partial charge in [-0.25, -0.2) is 4.98 Å². The van der Waals surface area contributed by atoms with E-state index in [0.29, 0.717) is 12.7 Å². The first-order valence-electron chi connectivity index (χ1n) is 8.27. The number of hydrogen-bond acceptors (Lipinski definition) is 3. The zero-order valence-corrected chi connectivity index (χ0v) is 17.3. The van der Waals surface area contributed by atoms with Gasteiger partial charge in [-0.1, -0.05) is 31.8 Å². The number of para-hydroxylation sites is 2. The SMILES string of the molecule is C[Si](C)(C)CCOCn1c(-n2cc(Br)ccc2=O)nc2ccccc21. The van der Waals surface area contributed by atoms with Crippen LogP contribution in [0.15, 0.2) is 51.9 Å². The summed E-state index contributed by atoms with van der Waals surface area (Å²) < 4.78 is 10.2. The largest absolute Gasteiger partial charge is 0.361 e. The van der Waals surface area contributed by atoms with E-state index in [4.69, 9.17) is 4.74 Å². The lowest BCUT2D eigenvalue weighted by Gasteiger charge is -2.16. The predicted octanol–water partition coefficient (Wildman–Crippen LogP) is 4.26. The number of nitrogens with zero attached hydrogens (tertiary/aromatic N) is 3. The van der Waals surface area contributed by atoms with E-state index < -0.39 is 8.07 Å². The molecule has 0 bridgehead atoms. The highest BCUT2D eigenvalue weighted by Crippen LogP contribution is 2.19. The van der Waals surface area contributed by atoms with Crippen LogP contribution >= 0.6 is 15.9 Å². The molecule has 1 aromatic carbocycles. The Labute approximate surface area is 156 Å². The fourth-order valence-electron chi connectivity index (χ4n) is 2.53. The summed E-state index contributed by atoms with van der Waals surface area (Å²) in [5.74, 6) is 0.570. The quantitative estimate of drug-likeness (QED) is 0.442. The van der Waals surface area contributed by atoms with E-state index in [0.717, 1.165) is 28.2 Å². The Kier molecular flexibility index (Phi) is 5.26. The van der Waals surface area contributed by atoms with Gasteiger partial charge in [0.1, 0.15) is 6.73 Å². The first-order chi connectivity index (χ1) is 11.8. The van der Waals surface area contributed by atoms with Crippen LogP contribution in [0.3, 0.4) is 0 Å². The van der Waals surface area contributed by atoms with Crippen molar-refractivity contribution in [3.8, 4) is 5.95 Å². The van der Waals surface area contributed by atoms with Crippen molar-refractivity contribution in [3.05, 3.63) is 57.4 Å². The predicted molar refractivity (Wildman–Crippen MR) is 107 cm³/mol. The van der Waals surface area contributed by atoms with Crippen molar-refractivity contribution in [1.82, 2.24) is 14.1 Å². The molecule has 3 rings (SSSR count). The minimum absolute atomic E-state index is 0.123. The lowest BCUT2D eigenvalue weighted by molar-refractivity contribution is 0.0896. The van der Waals surface area contributed by atoms with Gasteiger partial charge in [0.2, 0.25) is 5.95 Å². The third-order valence-electron chi connectivity index (χ3n) is 3.94. The molecule has 0 unspecified atom stereocenters. The number of fused-ring (bicyclic) bond motifs is 1. The second-order valence-electron chi connectivity index (χ2n) is 7.23. The molecular weight excluding hydrogens is 398 g/mol. The van der Waals surface area contributed by atoms with Crippen LogP contribution in [0.5, 0.6) is 0 Å². The fraction of sp³-hybridized carbons (Fsp3) is 0.333. The number of benzene rings is 1. The van der Waals surface area contributed by atoms with Crippen LogP contribution in [0.1, 0.15) is 0 Å². The van der Waals surface area contributed by atoms with Crippen molar-refractivity contribution in [1.29, 1.82) is 0 Å². The number of aromatic nitrogens is 3. The van der Waals surface area contributed by atoms with Gasteiger partial charge in [0.25, 0.3) is 5.56 Å². The number of hydrogen-bond donors (Lipinski definition) is 0. The molecule has 0 saturated carbocycles. The van der Waals surface area contributed by atoms with Crippen molar-refractivity contribution < 1.29 is 4.74 Å². The van der Waals surface area contributed by atoms with Gasteiger partial charge in [0, 0.05) is 31.4 Å². The van der Waals surface area contributed by atoms with Gasteiger partial charge in [-0.3, -0.25) is 13.9 Å². The van der Waals surface area contributed by atoms with E-state index in [9.17, 15) is 4.79 Å². The maximum atomic E-state index is 12.3. The van der Waals surface area contributed by atoms with Crippen molar-refractivity contribution in [2.75, 3.05) is 6.61 Å². The average Bonchev–Trinajstić information content (AvgIpc) is 2.91. The minimum Gasteiger partial charge on any atom is -0.361 e. The Morgan fingerprint density at radius 1 is 1.16 bits per heavy atom. The molecule has 0 amide bonds. The maximum absolute atomic E-state index is 12.3. The summed E-state index contributed by atoms with van der Waals surface area (Å²) in [6, 6.07) is 12.2. The number of pyridine rings is 1. The van der Waals surface area contributed by atoms with Crippen molar-refractivity contribution in [3.63, 3.8) is 0 Å². The molecule has 7 heteroatoms. The molecule has 0 aliphatic carbocycles. The van der Waals surface area contributed by atoms with Gasteiger partial charge in [-0.2, -0.15) is 0 Å². The lowest BCUT2D eigenvalue weighted by Crippen LogP contribution is -2.23. The van der Waals surface area contributed by atoms with E-state index in [1.807, 2.05) is 28.8 Å². The molecule has 0 saturated heterocycles. The molecule has 132 valence electrons. The normalized spacial score (nSPS) is 12.0. The summed E-state index contributed by atoms with van der Waals surface area (Å²) in [5.41, 5.74) is 1.68. The molecule has 3 aromatic rings. The summed E-state index contributed by atoms with van der Waals surface area (Å²) in [6.07, 6.45) is 1.74. The van der Waals surface area contributed by atoms with E-state index in [2.05, 4.69) is 40.6 Å². The van der Waals surface area contributed by atoms with Crippen LogP contribution in [0.4, 0.5) is 0 Å². The summed E-state index contributed by atoms with van der Waals surface area (Å²) in [5, 5.41) is 0. The topological polar surface area (TPSA) is 49.0 Å². The molecular formula is C18H22BrN3O2Si. The molecule has 0 spiro atoms. The Bertz CT molecular complexity index is 943. The summed E-state index contributed by atoms with van der Waals surface area (Å²) in [7, 11) is -1.14. The van der Waals surface area contributed by atoms with Crippen LogP contribution in [0.25, 0.3) is 17.0 Å². The van der Waals surface area contributed by atoms with Gasteiger partial charge in [0.05, 0.1) is 11.0 Å². The highest BCUT2D eigenvalue weighted by molar-refractivity contribution is 9.10. The van der Waals surface area contributed by atoms with Crippen LogP contribution in [0, 0.1) is 0 Å². The lowest BCUT2D eigenvalue weighted by atomic mass is 10.3. The molecule has 2 heterocycles. The second-order valence-corrected chi connectivity index (χ2v) is 13.8. The highest BCUT2D eigenvalue weighted by atomic mass is 79.9. The fourth-order valence-corrected chi connectivity index (χ4v) is 3.62.